The quantitative estimate of drug-likeness (QED) is 0.627. The fourth-order valence-electron chi connectivity index (χ4n) is 4.06. The Morgan fingerprint density at radius 2 is 2.00 bits per heavy atom. The summed E-state index contributed by atoms with van der Waals surface area (Å²) < 4.78 is 11.2. The highest BCUT2D eigenvalue weighted by Crippen LogP contribution is 2.27. The molecular weight excluding hydrogens is 364 g/mol. The molecule has 1 N–H and O–H groups in total. The second-order valence-corrected chi connectivity index (χ2v) is 8.25. The normalized spacial score (nSPS) is 15.8. The molecule has 1 aliphatic carbocycles. The first-order valence-electron chi connectivity index (χ1n) is 10.8. The van der Waals surface area contributed by atoms with Crippen molar-refractivity contribution in [1.82, 2.24) is 10.2 Å². The molecule has 1 amide bonds. The van der Waals surface area contributed by atoms with E-state index < -0.39 is 0 Å². The van der Waals surface area contributed by atoms with E-state index in [0.29, 0.717) is 12.6 Å². The molecule has 1 unspecified atom stereocenters. The van der Waals surface area contributed by atoms with E-state index in [9.17, 15) is 4.79 Å². The fourth-order valence-corrected chi connectivity index (χ4v) is 4.06. The van der Waals surface area contributed by atoms with Gasteiger partial charge in [-0.2, -0.15) is 0 Å². The molecule has 0 aliphatic heterocycles. The molecular formula is C24H34N2O3. The van der Waals surface area contributed by atoms with Gasteiger partial charge in [0.1, 0.15) is 11.5 Å². The zero-order valence-corrected chi connectivity index (χ0v) is 17.7. The highest BCUT2D eigenvalue weighted by molar-refractivity contribution is 5.77. The average molecular weight is 399 g/mol. The summed E-state index contributed by atoms with van der Waals surface area (Å²) in [6.45, 7) is 3.48. The van der Waals surface area contributed by atoms with Crippen LogP contribution in [0.25, 0.3) is 0 Å². The summed E-state index contributed by atoms with van der Waals surface area (Å²) in [7, 11) is 1.76. The number of benzene rings is 1. The lowest BCUT2D eigenvalue weighted by Crippen LogP contribution is -2.31. The van der Waals surface area contributed by atoms with Crippen LogP contribution in [0.2, 0.25) is 0 Å². The molecule has 29 heavy (non-hydrogen) atoms. The zero-order valence-electron chi connectivity index (χ0n) is 17.7. The maximum absolute atomic E-state index is 12.4. The van der Waals surface area contributed by atoms with Crippen LogP contribution >= 0.6 is 0 Å². The molecule has 0 bridgehead atoms. The first kappa shape index (κ1) is 21.4. The molecule has 0 radical (unpaired) electrons. The zero-order chi connectivity index (χ0) is 20.5. The SMILES string of the molecule is CC(CC1CCCCC1)NCc1ccccc1OCC(=O)N(C)Cc1ccco1. The third-order valence-electron chi connectivity index (χ3n) is 5.78. The number of ether oxygens (including phenoxy) is 1. The van der Waals surface area contributed by atoms with E-state index >= 15 is 0 Å². The Hall–Kier alpha value is -2.27. The molecule has 1 heterocycles. The summed E-state index contributed by atoms with van der Waals surface area (Å²) in [6, 6.07) is 12.1. The number of nitrogens with one attached hydrogen (secondary N) is 1. The molecule has 1 aromatic carbocycles. The predicted molar refractivity (Wildman–Crippen MR) is 115 cm³/mol. The average Bonchev–Trinajstić information content (AvgIpc) is 3.24. The van der Waals surface area contributed by atoms with Crippen LogP contribution in [0.4, 0.5) is 0 Å². The second kappa shape index (κ2) is 11.1. The molecule has 1 atom stereocenters. The van der Waals surface area contributed by atoms with Crippen molar-refractivity contribution < 1.29 is 13.9 Å². The minimum Gasteiger partial charge on any atom is -0.483 e. The highest BCUT2D eigenvalue weighted by Gasteiger charge is 2.17. The molecule has 5 heteroatoms. The predicted octanol–water partition coefficient (Wildman–Crippen LogP) is 4.77. The number of nitrogens with zero attached hydrogens (tertiary/aromatic N) is 1. The summed E-state index contributed by atoms with van der Waals surface area (Å²) in [5.74, 6) is 2.32. The number of carbonyl (C=O) groups excluding carboxylic acids is 1. The van der Waals surface area contributed by atoms with Crippen LogP contribution in [0.1, 0.15) is 56.8 Å². The monoisotopic (exact) mass is 398 g/mol. The molecule has 1 saturated carbocycles. The van der Waals surface area contributed by atoms with Crippen molar-refractivity contribution in [3.05, 3.63) is 54.0 Å². The van der Waals surface area contributed by atoms with Crippen molar-refractivity contribution in [3.8, 4) is 5.75 Å². The lowest BCUT2D eigenvalue weighted by Gasteiger charge is -2.25. The number of hydrogen-bond donors (Lipinski definition) is 1. The van der Waals surface area contributed by atoms with Gasteiger partial charge in [0.25, 0.3) is 5.91 Å². The van der Waals surface area contributed by atoms with Crippen LogP contribution in [0.5, 0.6) is 5.75 Å². The fraction of sp³-hybridized carbons (Fsp3) is 0.542. The molecule has 0 spiro atoms. The summed E-state index contributed by atoms with van der Waals surface area (Å²) in [4.78, 5) is 14.0. The topological polar surface area (TPSA) is 54.7 Å². The maximum Gasteiger partial charge on any atom is 0.260 e. The van der Waals surface area contributed by atoms with E-state index in [1.54, 1.807) is 18.2 Å². The van der Waals surface area contributed by atoms with E-state index in [1.165, 1.54) is 38.5 Å². The van der Waals surface area contributed by atoms with E-state index in [2.05, 4.69) is 18.3 Å². The van der Waals surface area contributed by atoms with Gasteiger partial charge < -0.3 is 19.4 Å². The largest absolute Gasteiger partial charge is 0.483 e. The number of amides is 1. The summed E-state index contributed by atoms with van der Waals surface area (Å²) in [5, 5.41) is 3.64. The van der Waals surface area contributed by atoms with Crippen molar-refractivity contribution in [1.29, 1.82) is 0 Å². The van der Waals surface area contributed by atoms with Gasteiger partial charge in [0, 0.05) is 25.2 Å². The van der Waals surface area contributed by atoms with Gasteiger partial charge in [0.2, 0.25) is 0 Å². The van der Waals surface area contributed by atoms with Crippen molar-refractivity contribution in [2.75, 3.05) is 13.7 Å². The summed E-state index contributed by atoms with van der Waals surface area (Å²) in [6.07, 6.45) is 9.77. The van der Waals surface area contributed by atoms with Crippen molar-refractivity contribution in [2.24, 2.45) is 5.92 Å². The lowest BCUT2D eigenvalue weighted by atomic mass is 9.85. The van der Waals surface area contributed by atoms with Crippen molar-refractivity contribution >= 4 is 5.91 Å². The molecule has 158 valence electrons. The molecule has 3 rings (SSSR count). The van der Waals surface area contributed by atoms with Crippen LogP contribution in [-0.2, 0) is 17.9 Å². The number of hydrogen-bond acceptors (Lipinski definition) is 4. The highest BCUT2D eigenvalue weighted by atomic mass is 16.5. The van der Waals surface area contributed by atoms with Gasteiger partial charge in [0.15, 0.2) is 6.61 Å². The Balaban J connectivity index is 1.46. The standard InChI is InChI=1S/C24H34N2O3/c1-19(15-20-9-4-3-5-10-20)25-16-21-11-6-7-13-23(21)29-18-24(27)26(2)17-22-12-8-14-28-22/h6-8,11-14,19-20,25H,3-5,9-10,15-18H2,1-2H3. The second-order valence-electron chi connectivity index (χ2n) is 8.25. The van der Waals surface area contributed by atoms with Gasteiger partial charge in [0.05, 0.1) is 12.8 Å². The van der Waals surface area contributed by atoms with Crippen LogP contribution in [0.15, 0.2) is 47.1 Å². The first-order chi connectivity index (χ1) is 14.1. The van der Waals surface area contributed by atoms with E-state index in [-0.39, 0.29) is 12.5 Å². The Morgan fingerprint density at radius 1 is 1.21 bits per heavy atom. The van der Waals surface area contributed by atoms with E-state index in [0.717, 1.165) is 29.5 Å². The Morgan fingerprint density at radius 3 is 2.76 bits per heavy atom. The Labute approximate surface area is 174 Å². The summed E-state index contributed by atoms with van der Waals surface area (Å²) >= 11 is 0. The Bertz CT molecular complexity index is 738. The lowest BCUT2D eigenvalue weighted by molar-refractivity contribution is -0.132. The molecule has 1 fully saturated rings. The van der Waals surface area contributed by atoms with Gasteiger partial charge in [-0.3, -0.25) is 4.79 Å². The smallest absolute Gasteiger partial charge is 0.260 e. The molecule has 0 saturated heterocycles. The minimum absolute atomic E-state index is 0.0197. The number of rotatable bonds is 10. The first-order valence-corrected chi connectivity index (χ1v) is 10.8. The number of carbonyl (C=O) groups is 1. The number of para-hydroxylation sites is 1. The van der Waals surface area contributed by atoms with Gasteiger partial charge >= 0.3 is 0 Å². The summed E-state index contributed by atoms with van der Waals surface area (Å²) in [5.41, 5.74) is 1.09. The van der Waals surface area contributed by atoms with Crippen LogP contribution in [0.3, 0.4) is 0 Å². The maximum atomic E-state index is 12.4. The minimum atomic E-state index is -0.0742. The third-order valence-corrected chi connectivity index (χ3v) is 5.78. The van der Waals surface area contributed by atoms with Gasteiger partial charge in [-0.05, 0) is 37.5 Å². The van der Waals surface area contributed by atoms with Crippen LogP contribution < -0.4 is 10.1 Å². The number of likely N-dealkylation sites (N-methyl/N-ethyl adjacent to an activating group) is 1. The van der Waals surface area contributed by atoms with Gasteiger partial charge in [-0.1, -0.05) is 50.3 Å². The van der Waals surface area contributed by atoms with Crippen molar-refractivity contribution in [3.63, 3.8) is 0 Å². The van der Waals surface area contributed by atoms with Crippen molar-refractivity contribution in [2.45, 2.75) is 64.6 Å². The van der Waals surface area contributed by atoms with Crippen LogP contribution in [0, 0.1) is 5.92 Å². The van der Waals surface area contributed by atoms with Crippen LogP contribution in [-0.4, -0.2) is 30.5 Å². The molecule has 2 aromatic rings. The Kier molecular flexibility index (Phi) is 8.17. The molecule has 5 nitrogen and oxygen atoms in total. The van der Waals surface area contributed by atoms with Gasteiger partial charge in [-0.15, -0.1) is 0 Å². The van der Waals surface area contributed by atoms with Gasteiger partial charge in [-0.25, -0.2) is 0 Å². The number of furan rings is 1. The third kappa shape index (κ3) is 6.93. The van der Waals surface area contributed by atoms with E-state index in [4.69, 9.17) is 9.15 Å². The van der Waals surface area contributed by atoms with E-state index in [1.807, 2.05) is 30.3 Å². The molecule has 1 aromatic heterocycles. The molecule has 1 aliphatic rings.